The molecule has 1 aromatic carbocycles. The van der Waals surface area contributed by atoms with Crippen LogP contribution in [0.25, 0.3) is 0 Å². The smallest absolute Gasteiger partial charge is 0.317 e. The Labute approximate surface area is 127 Å². The molecule has 4 heteroatoms. The van der Waals surface area contributed by atoms with E-state index in [0.717, 1.165) is 25.2 Å². The summed E-state index contributed by atoms with van der Waals surface area (Å²) < 4.78 is 0. The topological polar surface area (TPSA) is 44.4 Å². The number of amides is 2. The van der Waals surface area contributed by atoms with Crippen molar-refractivity contribution in [2.45, 2.75) is 39.3 Å². The highest BCUT2D eigenvalue weighted by molar-refractivity contribution is 5.74. The van der Waals surface area contributed by atoms with Crippen LogP contribution in [0.5, 0.6) is 0 Å². The van der Waals surface area contributed by atoms with E-state index in [1.807, 2.05) is 35.2 Å². The summed E-state index contributed by atoms with van der Waals surface area (Å²) >= 11 is 0. The minimum atomic E-state index is 0.0428. The van der Waals surface area contributed by atoms with Gasteiger partial charge < -0.3 is 15.5 Å². The summed E-state index contributed by atoms with van der Waals surface area (Å²) in [5.74, 6) is 0.480. The fourth-order valence-corrected chi connectivity index (χ4v) is 2.75. The van der Waals surface area contributed by atoms with Crippen molar-refractivity contribution in [3.05, 3.63) is 35.9 Å². The third-order valence-corrected chi connectivity index (χ3v) is 3.76. The number of nitrogens with one attached hydrogen (secondary N) is 2. The highest BCUT2D eigenvalue weighted by Gasteiger charge is 2.21. The molecule has 2 rings (SSSR count). The molecule has 2 N–H and O–H groups in total. The first-order valence-electron chi connectivity index (χ1n) is 7.95. The molecule has 0 saturated carbocycles. The molecule has 1 aromatic rings. The van der Waals surface area contributed by atoms with Crippen molar-refractivity contribution in [1.29, 1.82) is 0 Å². The Bertz CT molecular complexity index is 427. The molecule has 21 heavy (non-hydrogen) atoms. The van der Waals surface area contributed by atoms with E-state index in [-0.39, 0.29) is 6.03 Å². The van der Waals surface area contributed by atoms with Gasteiger partial charge in [0.2, 0.25) is 0 Å². The lowest BCUT2D eigenvalue weighted by Gasteiger charge is -2.27. The lowest BCUT2D eigenvalue weighted by atomic mass is 10.1. The molecule has 0 spiro atoms. The van der Waals surface area contributed by atoms with Crippen LogP contribution in [0.1, 0.15) is 32.3 Å². The Morgan fingerprint density at radius 1 is 1.38 bits per heavy atom. The van der Waals surface area contributed by atoms with E-state index in [9.17, 15) is 4.79 Å². The molecular weight excluding hydrogens is 262 g/mol. The fraction of sp³-hybridized carbons (Fsp3) is 0.588. The molecule has 1 fully saturated rings. The van der Waals surface area contributed by atoms with Gasteiger partial charge in [0.1, 0.15) is 0 Å². The minimum absolute atomic E-state index is 0.0428. The number of carbonyl (C=O) groups is 1. The second-order valence-electron chi connectivity index (χ2n) is 6.24. The van der Waals surface area contributed by atoms with E-state index in [0.29, 0.717) is 18.5 Å². The average molecular weight is 289 g/mol. The Kier molecular flexibility index (Phi) is 6.05. The third-order valence-electron chi connectivity index (χ3n) is 3.76. The lowest BCUT2D eigenvalue weighted by molar-refractivity contribution is 0.184. The SMILES string of the molecule is CC(C)CN(CC1CCCN1)C(=O)NCc1ccccc1. The van der Waals surface area contributed by atoms with Crippen molar-refractivity contribution in [1.82, 2.24) is 15.5 Å². The Balaban J connectivity index is 1.87. The van der Waals surface area contributed by atoms with Crippen LogP contribution in [0.4, 0.5) is 4.79 Å². The van der Waals surface area contributed by atoms with Crippen LogP contribution in [0.3, 0.4) is 0 Å². The lowest BCUT2D eigenvalue weighted by Crippen LogP contribution is -2.47. The molecule has 1 aliphatic heterocycles. The zero-order valence-corrected chi connectivity index (χ0v) is 13.1. The first kappa shape index (κ1) is 15.8. The molecule has 1 aliphatic rings. The van der Waals surface area contributed by atoms with Gasteiger partial charge in [0.15, 0.2) is 0 Å². The van der Waals surface area contributed by atoms with Crippen molar-refractivity contribution >= 4 is 6.03 Å². The number of hydrogen-bond acceptors (Lipinski definition) is 2. The summed E-state index contributed by atoms with van der Waals surface area (Å²) in [5, 5.41) is 6.50. The average Bonchev–Trinajstić information content (AvgIpc) is 2.98. The van der Waals surface area contributed by atoms with E-state index >= 15 is 0 Å². The number of carbonyl (C=O) groups excluding carboxylic acids is 1. The first-order valence-corrected chi connectivity index (χ1v) is 7.95. The normalized spacial score (nSPS) is 18.0. The van der Waals surface area contributed by atoms with Gasteiger partial charge in [-0.15, -0.1) is 0 Å². The minimum Gasteiger partial charge on any atom is -0.334 e. The number of nitrogens with zero attached hydrogens (tertiary/aromatic N) is 1. The molecule has 0 aromatic heterocycles. The van der Waals surface area contributed by atoms with Crippen molar-refractivity contribution < 1.29 is 4.79 Å². The molecule has 0 bridgehead atoms. The maximum absolute atomic E-state index is 12.4. The predicted octanol–water partition coefficient (Wildman–Crippen LogP) is 2.61. The van der Waals surface area contributed by atoms with E-state index in [4.69, 9.17) is 0 Å². The van der Waals surface area contributed by atoms with Gasteiger partial charge in [-0.2, -0.15) is 0 Å². The monoisotopic (exact) mass is 289 g/mol. The molecule has 1 heterocycles. The van der Waals surface area contributed by atoms with Crippen LogP contribution < -0.4 is 10.6 Å². The van der Waals surface area contributed by atoms with Crippen LogP contribution in [0, 0.1) is 5.92 Å². The Hall–Kier alpha value is -1.55. The van der Waals surface area contributed by atoms with Gasteiger partial charge in [0.25, 0.3) is 0 Å². The van der Waals surface area contributed by atoms with Gasteiger partial charge in [0.05, 0.1) is 0 Å². The number of hydrogen-bond donors (Lipinski definition) is 2. The number of rotatable bonds is 6. The summed E-state index contributed by atoms with van der Waals surface area (Å²) in [6.45, 7) is 7.58. The van der Waals surface area contributed by atoms with Crippen molar-refractivity contribution in [3.63, 3.8) is 0 Å². The van der Waals surface area contributed by atoms with Crippen LogP contribution in [-0.2, 0) is 6.54 Å². The zero-order valence-electron chi connectivity index (χ0n) is 13.1. The number of urea groups is 1. The van der Waals surface area contributed by atoms with E-state index < -0.39 is 0 Å². The van der Waals surface area contributed by atoms with Gasteiger partial charge in [-0.25, -0.2) is 4.79 Å². The second kappa shape index (κ2) is 8.03. The Morgan fingerprint density at radius 2 is 2.14 bits per heavy atom. The molecule has 0 radical (unpaired) electrons. The van der Waals surface area contributed by atoms with Gasteiger partial charge in [0, 0.05) is 25.7 Å². The molecule has 116 valence electrons. The third kappa shape index (κ3) is 5.38. The highest BCUT2D eigenvalue weighted by atomic mass is 16.2. The Morgan fingerprint density at radius 3 is 2.76 bits per heavy atom. The number of benzene rings is 1. The van der Waals surface area contributed by atoms with Crippen LogP contribution in [-0.4, -0.2) is 36.6 Å². The highest BCUT2D eigenvalue weighted by Crippen LogP contribution is 2.09. The van der Waals surface area contributed by atoms with Crippen molar-refractivity contribution in [3.8, 4) is 0 Å². The zero-order chi connectivity index (χ0) is 15.1. The quantitative estimate of drug-likeness (QED) is 0.845. The molecule has 0 aliphatic carbocycles. The fourth-order valence-electron chi connectivity index (χ4n) is 2.75. The largest absolute Gasteiger partial charge is 0.334 e. The molecule has 1 atom stereocenters. The van der Waals surface area contributed by atoms with Gasteiger partial charge in [-0.05, 0) is 30.9 Å². The molecular formula is C17H27N3O. The molecule has 2 amide bonds. The maximum Gasteiger partial charge on any atom is 0.317 e. The van der Waals surface area contributed by atoms with Gasteiger partial charge in [-0.1, -0.05) is 44.2 Å². The van der Waals surface area contributed by atoms with Crippen LogP contribution in [0.2, 0.25) is 0 Å². The van der Waals surface area contributed by atoms with Crippen molar-refractivity contribution in [2.24, 2.45) is 5.92 Å². The van der Waals surface area contributed by atoms with E-state index in [1.54, 1.807) is 0 Å². The maximum atomic E-state index is 12.4. The molecule has 1 saturated heterocycles. The van der Waals surface area contributed by atoms with Gasteiger partial charge in [-0.3, -0.25) is 0 Å². The summed E-state index contributed by atoms with van der Waals surface area (Å²) in [6, 6.07) is 10.5. The summed E-state index contributed by atoms with van der Waals surface area (Å²) in [4.78, 5) is 14.4. The summed E-state index contributed by atoms with van der Waals surface area (Å²) in [7, 11) is 0. The van der Waals surface area contributed by atoms with Crippen LogP contribution >= 0.6 is 0 Å². The predicted molar refractivity (Wildman–Crippen MR) is 86.1 cm³/mol. The van der Waals surface area contributed by atoms with Gasteiger partial charge >= 0.3 is 6.03 Å². The molecule has 4 nitrogen and oxygen atoms in total. The van der Waals surface area contributed by atoms with E-state index in [1.165, 1.54) is 12.8 Å². The van der Waals surface area contributed by atoms with Crippen LogP contribution in [0.15, 0.2) is 30.3 Å². The van der Waals surface area contributed by atoms with Crippen molar-refractivity contribution in [2.75, 3.05) is 19.6 Å². The first-order chi connectivity index (χ1) is 10.1. The second-order valence-corrected chi connectivity index (χ2v) is 6.24. The van der Waals surface area contributed by atoms with E-state index in [2.05, 4.69) is 24.5 Å². The summed E-state index contributed by atoms with van der Waals surface area (Å²) in [6.07, 6.45) is 2.38. The summed E-state index contributed by atoms with van der Waals surface area (Å²) in [5.41, 5.74) is 1.13. The molecule has 1 unspecified atom stereocenters. The standard InChI is InChI=1S/C17H27N3O/c1-14(2)12-20(13-16-9-6-10-18-16)17(21)19-11-15-7-4-3-5-8-15/h3-5,7-8,14,16,18H,6,9-13H2,1-2H3,(H,19,21).